The number of hydrogen-bond donors (Lipinski definition) is 2. The van der Waals surface area contributed by atoms with Crippen molar-refractivity contribution in [3.05, 3.63) is 58.1 Å². The van der Waals surface area contributed by atoms with Gasteiger partial charge in [-0.1, -0.05) is 26.0 Å². The summed E-state index contributed by atoms with van der Waals surface area (Å²) in [6.07, 6.45) is 1.00. The van der Waals surface area contributed by atoms with Crippen LogP contribution in [0.15, 0.2) is 35.3 Å². The van der Waals surface area contributed by atoms with Gasteiger partial charge in [-0.15, -0.1) is 0 Å². The van der Waals surface area contributed by atoms with Gasteiger partial charge in [0.15, 0.2) is 6.61 Å². The number of hydrogen-bond acceptors (Lipinski definition) is 5. The molecule has 0 saturated carbocycles. The molecular weight excluding hydrogens is 370 g/mol. The number of carboxylic acids is 1. The van der Waals surface area contributed by atoms with Gasteiger partial charge in [0, 0.05) is 7.05 Å². The second kappa shape index (κ2) is 10.1. The molecule has 6 heteroatoms. The van der Waals surface area contributed by atoms with Gasteiger partial charge in [-0.05, 0) is 72.2 Å². The number of ether oxygens (including phenoxy) is 2. The number of carbonyl (C=O) groups is 1. The first-order chi connectivity index (χ1) is 13.7. The Balaban J connectivity index is 2.27. The van der Waals surface area contributed by atoms with E-state index in [2.05, 4.69) is 24.9 Å². The van der Waals surface area contributed by atoms with Crippen LogP contribution in [0.2, 0.25) is 0 Å². The maximum atomic E-state index is 10.7. The third-order valence-corrected chi connectivity index (χ3v) is 4.63. The van der Waals surface area contributed by atoms with Crippen molar-refractivity contribution in [2.45, 2.75) is 46.3 Å². The lowest BCUT2D eigenvalue weighted by molar-refractivity contribution is -0.139. The van der Waals surface area contributed by atoms with E-state index >= 15 is 0 Å². The molecule has 0 spiro atoms. The maximum Gasteiger partial charge on any atom is 0.341 e. The highest BCUT2D eigenvalue weighted by atomic mass is 16.6. The minimum atomic E-state index is -1.08. The summed E-state index contributed by atoms with van der Waals surface area (Å²) in [6, 6.07) is 9.71. The summed E-state index contributed by atoms with van der Waals surface area (Å²) in [6.45, 7) is 7.80. The molecule has 2 N–H and O–H groups in total. The number of carboxylic acid groups (broad SMARTS) is 1. The van der Waals surface area contributed by atoms with E-state index in [1.54, 1.807) is 7.05 Å². The molecule has 0 amide bonds. The zero-order valence-electron chi connectivity index (χ0n) is 17.6. The standard InChI is InChI=1S/C23H29NO5/c1-14(2)19-10-17(6-7-21(19)29-23(27)12-24-5)11-20-15(3)8-18(9-16(20)4)28-13-22(25)26/h6-10,12,14,23,27H,11,13H2,1-5H3,(H,25,26)/b24-12+. The molecule has 0 bridgehead atoms. The molecule has 0 aromatic heterocycles. The van der Waals surface area contributed by atoms with Crippen LogP contribution in [0.5, 0.6) is 11.5 Å². The van der Waals surface area contributed by atoms with Crippen molar-refractivity contribution in [1.82, 2.24) is 0 Å². The van der Waals surface area contributed by atoms with Gasteiger partial charge in [0.05, 0.1) is 6.21 Å². The van der Waals surface area contributed by atoms with Crippen LogP contribution in [0.1, 0.15) is 47.6 Å². The van der Waals surface area contributed by atoms with Crippen molar-refractivity contribution in [3.8, 4) is 11.5 Å². The Bertz CT molecular complexity index is 866. The average molecular weight is 399 g/mol. The predicted octanol–water partition coefficient (Wildman–Crippen LogP) is 3.88. The van der Waals surface area contributed by atoms with Crippen LogP contribution in [-0.4, -0.2) is 42.3 Å². The van der Waals surface area contributed by atoms with Crippen LogP contribution < -0.4 is 9.47 Å². The molecule has 0 heterocycles. The summed E-state index contributed by atoms with van der Waals surface area (Å²) < 4.78 is 10.9. The summed E-state index contributed by atoms with van der Waals surface area (Å²) in [4.78, 5) is 14.5. The van der Waals surface area contributed by atoms with Crippen molar-refractivity contribution in [2.75, 3.05) is 13.7 Å². The van der Waals surface area contributed by atoms with Crippen LogP contribution >= 0.6 is 0 Å². The SMILES string of the molecule is C/N=C/C(O)Oc1ccc(Cc2c(C)cc(OCC(=O)O)cc2C)cc1C(C)C. The largest absolute Gasteiger partial charge is 0.482 e. The number of aliphatic imine (C=N–C) groups is 1. The number of aliphatic hydroxyl groups excluding tert-OH is 1. The molecule has 0 fully saturated rings. The first kappa shape index (κ1) is 22.4. The number of nitrogens with zero attached hydrogens (tertiary/aromatic N) is 1. The molecule has 156 valence electrons. The fourth-order valence-electron chi connectivity index (χ4n) is 3.22. The molecule has 2 aromatic rings. The van der Waals surface area contributed by atoms with Gasteiger partial charge in [0.2, 0.25) is 6.29 Å². The quantitative estimate of drug-likeness (QED) is 0.493. The maximum absolute atomic E-state index is 10.7. The van der Waals surface area contributed by atoms with E-state index in [4.69, 9.17) is 14.6 Å². The summed E-state index contributed by atoms with van der Waals surface area (Å²) in [5.41, 5.74) is 5.42. The van der Waals surface area contributed by atoms with Gasteiger partial charge in [0.1, 0.15) is 11.5 Å². The van der Waals surface area contributed by atoms with Crippen molar-refractivity contribution < 1.29 is 24.5 Å². The third kappa shape index (κ3) is 6.32. The molecule has 0 radical (unpaired) electrons. The van der Waals surface area contributed by atoms with Crippen molar-refractivity contribution >= 4 is 12.2 Å². The zero-order valence-corrected chi connectivity index (χ0v) is 17.6. The fourth-order valence-corrected chi connectivity index (χ4v) is 3.22. The predicted molar refractivity (Wildman–Crippen MR) is 113 cm³/mol. The lowest BCUT2D eigenvalue weighted by Crippen LogP contribution is -2.18. The number of aliphatic carboxylic acids is 1. The van der Waals surface area contributed by atoms with E-state index < -0.39 is 12.3 Å². The number of benzene rings is 2. The second-order valence-electron chi connectivity index (χ2n) is 7.34. The Morgan fingerprint density at radius 3 is 2.38 bits per heavy atom. The third-order valence-electron chi connectivity index (χ3n) is 4.63. The van der Waals surface area contributed by atoms with E-state index in [1.807, 2.05) is 38.1 Å². The van der Waals surface area contributed by atoms with Crippen molar-refractivity contribution in [3.63, 3.8) is 0 Å². The molecule has 0 aliphatic rings. The molecular formula is C23H29NO5. The Hall–Kier alpha value is -2.86. The van der Waals surface area contributed by atoms with Gasteiger partial charge in [0.25, 0.3) is 0 Å². The highest BCUT2D eigenvalue weighted by Gasteiger charge is 2.14. The molecule has 0 saturated heterocycles. The first-order valence-corrected chi connectivity index (χ1v) is 9.55. The fraction of sp³-hybridized carbons (Fsp3) is 0.391. The lowest BCUT2D eigenvalue weighted by atomic mass is 9.93. The zero-order chi connectivity index (χ0) is 21.6. The van der Waals surface area contributed by atoms with E-state index in [9.17, 15) is 9.90 Å². The second-order valence-corrected chi connectivity index (χ2v) is 7.34. The van der Waals surface area contributed by atoms with Crippen LogP contribution in [0, 0.1) is 13.8 Å². The Morgan fingerprint density at radius 2 is 1.83 bits per heavy atom. The topological polar surface area (TPSA) is 88.4 Å². The summed E-state index contributed by atoms with van der Waals surface area (Å²) in [5, 5.41) is 18.7. The summed E-state index contributed by atoms with van der Waals surface area (Å²) in [5.74, 6) is 0.430. The number of rotatable bonds is 9. The van der Waals surface area contributed by atoms with Gasteiger partial charge in [-0.2, -0.15) is 0 Å². The Labute approximate surface area is 171 Å². The minimum Gasteiger partial charge on any atom is -0.482 e. The molecule has 2 rings (SSSR count). The first-order valence-electron chi connectivity index (χ1n) is 9.55. The highest BCUT2D eigenvalue weighted by Crippen LogP contribution is 2.30. The van der Waals surface area contributed by atoms with Crippen LogP contribution in [0.3, 0.4) is 0 Å². The molecule has 0 aliphatic heterocycles. The molecule has 0 aliphatic carbocycles. The molecule has 29 heavy (non-hydrogen) atoms. The molecule has 2 aromatic carbocycles. The van der Waals surface area contributed by atoms with Crippen molar-refractivity contribution in [2.24, 2.45) is 4.99 Å². The van der Waals surface area contributed by atoms with E-state index in [1.165, 1.54) is 11.8 Å². The molecule has 1 unspecified atom stereocenters. The smallest absolute Gasteiger partial charge is 0.341 e. The minimum absolute atomic E-state index is 0.227. The molecule has 6 nitrogen and oxygen atoms in total. The monoisotopic (exact) mass is 399 g/mol. The average Bonchev–Trinajstić information content (AvgIpc) is 2.64. The van der Waals surface area contributed by atoms with Crippen LogP contribution in [0.25, 0.3) is 0 Å². The van der Waals surface area contributed by atoms with E-state index in [0.717, 1.165) is 28.7 Å². The van der Waals surface area contributed by atoms with Gasteiger partial charge < -0.3 is 19.7 Å². The number of aryl methyl sites for hydroxylation is 2. The summed E-state index contributed by atoms with van der Waals surface area (Å²) in [7, 11) is 1.59. The highest BCUT2D eigenvalue weighted by molar-refractivity contribution is 5.68. The normalized spacial score (nSPS) is 12.4. The van der Waals surface area contributed by atoms with E-state index in [0.29, 0.717) is 11.5 Å². The van der Waals surface area contributed by atoms with Gasteiger partial charge in [-0.3, -0.25) is 4.99 Å². The Kier molecular flexibility index (Phi) is 7.79. The van der Waals surface area contributed by atoms with Crippen LogP contribution in [0.4, 0.5) is 0 Å². The van der Waals surface area contributed by atoms with Gasteiger partial charge in [-0.25, -0.2) is 4.79 Å². The summed E-state index contributed by atoms with van der Waals surface area (Å²) >= 11 is 0. The van der Waals surface area contributed by atoms with E-state index in [-0.39, 0.29) is 12.5 Å². The van der Waals surface area contributed by atoms with Gasteiger partial charge >= 0.3 is 5.97 Å². The van der Waals surface area contributed by atoms with Crippen LogP contribution in [-0.2, 0) is 11.2 Å². The lowest BCUT2D eigenvalue weighted by Gasteiger charge is -2.18. The van der Waals surface area contributed by atoms with Crippen molar-refractivity contribution in [1.29, 1.82) is 0 Å². The Morgan fingerprint density at radius 1 is 1.17 bits per heavy atom. The molecule has 1 atom stereocenters. The number of aliphatic hydroxyl groups is 1.